The lowest BCUT2D eigenvalue weighted by Crippen LogP contribution is -2.40. The second-order valence-electron chi connectivity index (χ2n) is 6.25. The van der Waals surface area contributed by atoms with E-state index in [1.807, 2.05) is 32.9 Å². The number of amides is 1. The molecular weight excluding hydrogens is 322 g/mol. The van der Waals surface area contributed by atoms with Crippen molar-refractivity contribution in [1.29, 1.82) is 0 Å². The van der Waals surface area contributed by atoms with Gasteiger partial charge >= 0.3 is 0 Å². The molecule has 0 atom stereocenters. The number of nitrogens with one attached hydrogen (secondary N) is 1. The summed E-state index contributed by atoms with van der Waals surface area (Å²) in [6.07, 6.45) is 1.70. The number of carbonyl (C=O) groups is 1. The monoisotopic (exact) mass is 345 g/mol. The van der Waals surface area contributed by atoms with Gasteiger partial charge in [-0.05, 0) is 45.7 Å². The fraction of sp³-hybridized carbons (Fsp3) is 0.529. The quantitative estimate of drug-likeness (QED) is 0.921. The van der Waals surface area contributed by atoms with E-state index in [9.17, 15) is 4.79 Å². The summed E-state index contributed by atoms with van der Waals surface area (Å²) in [6.45, 7) is 8.18. The first kappa shape index (κ1) is 16.8. The predicted octanol–water partition coefficient (Wildman–Crippen LogP) is 2.39. The van der Waals surface area contributed by atoms with Crippen LogP contribution in [0, 0.1) is 26.7 Å². The van der Waals surface area contributed by atoms with E-state index in [1.165, 1.54) is 0 Å². The Labute approximate surface area is 146 Å². The summed E-state index contributed by atoms with van der Waals surface area (Å²) in [5, 5.41) is 12.5. The number of hydrogen-bond donors (Lipinski definition) is 1. The van der Waals surface area contributed by atoms with Crippen LogP contribution in [0.2, 0.25) is 0 Å². The molecule has 128 valence electrons. The average molecular weight is 345 g/mol. The van der Waals surface area contributed by atoms with Crippen molar-refractivity contribution >= 4 is 23.1 Å². The Balaban J connectivity index is 1.50. The maximum Gasteiger partial charge on any atom is 0.223 e. The van der Waals surface area contributed by atoms with E-state index in [0.29, 0.717) is 6.54 Å². The summed E-state index contributed by atoms with van der Waals surface area (Å²) in [5.74, 6) is 1.12. The number of hydrogen-bond acceptors (Lipinski definition) is 6. The van der Waals surface area contributed by atoms with Gasteiger partial charge in [0.15, 0.2) is 5.82 Å². The number of nitrogens with zero attached hydrogens (tertiary/aromatic N) is 4. The van der Waals surface area contributed by atoms with Gasteiger partial charge in [0.05, 0.1) is 22.9 Å². The molecule has 6 nitrogen and oxygen atoms in total. The third-order valence-corrected chi connectivity index (χ3v) is 5.47. The lowest BCUT2D eigenvalue weighted by atomic mass is 9.96. The van der Waals surface area contributed by atoms with E-state index in [4.69, 9.17) is 0 Å². The van der Waals surface area contributed by atoms with Crippen LogP contribution in [0.15, 0.2) is 12.1 Å². The predicted molar refractivity (Wildman–Crippen MR) is 95.1 cm³/mol. The number of thiazole rings is 1. The summed E-state index contributed by atoms with van der Waals surface area (Å²) in [7, 11) is 0. The van der Waals surface area contributed by atoms with Crippen molar-refractivity contribution in [2.24, 2.45) is 5.92 Å². The third-order valence-electron chi connectivity index (χ3n) is 4.40. The molecule has 0 saturated carbocycles. The summed E-state index contributed by atoms with van der Waals surface area (Å²) in [4.78, 5) is 20.2. The molecule has 1 fully saturated rings. The van der Waals surface area contributed by atoms with E-state index >= 15 is 0 Å². The normalized spacial score (nSPS) is 15.5. The van der Waals surface area contributed by atoms with Crippen molar-refractivity contribution in [2.45, 2.75) is 40.2 Å². The van der Waals surface area contributed by atoms with Crippen molar-refractivity contribution in [3.8, 4) is 0 Å². The number of anilines is 1. The molecule has 2 aromatic rings. The minimum absolute atomic E-state index is 0.0778. The summed E-state index contributed by atoms with van der Waals surface area (Å²) in [5.41, 5.74) is 1.94. The van der Waals surface area contributed by atoms with Crippen LogP contribution in [0.4, 0.5) is 5.82 Å². The van der Waals surface area contributed by atoms with Crippen LogP contribution in [0.5, 0.6) is 0 Å². The molecule has 1 amide bonds. The molecule has 0 bridgehead atoms. The maximum atomic E-state index is 12.4. The molecule has 2 aromatic heterocycles. The van der Waals surface area contributed by atoms with E-state index in [-0.39, 0.29) is 11.8 Å². The average Bonchev–Trinajstić information content (AvgIpc) is 2.91. The van der Waals surface area contributed by atoms with Crippen LogP contribution in [-0.4, -0.2) is 34.2 Å². The van der Waals surface area contributed by atoms with Gasteiger partial charge in [-0.25, -0.2) is 4.98 Å². The third kappa shape index (κ3) is 3.90. The second kappa shape index (κ2) is 7.25. The zero-order chi connectivity index (χ0) is 17.1. The fourth-order valence-corrected chi connectivity index (χ4v) is 3.86. The highest BCUT2D eigenvalue weighted by atomic mass is 32.1. The van der Waals surface area contributed by atoms with Gasteiger partial charge in [0, 0.05) is 23.9 Å². The first-order valence-corrected chi connectivity index (χ1v) is 9.10. The molecule has 0 spiro atoms. The van der Waals surface area contributed by atoms with Crippen molar-refractivity contribution in [2.75, 3.05) is 18.0 Å². The molecule has 0 aromatic carbocycles. The Morgan fingerprint density at radius 3 is 2.58 bits per heavy atom. The van der Waals surface area contributed by atoms with E-state index in [0.717, 1.165) is 53.0 Å². The number of piperidine rings is 1. The SMILES string of the molecule is Cc1ccc(N2CCC(C(=O)NCc3sc(C)nc3C)CC2)nn1. The molecule has 3 rings (SSSR count). The Bertz CT molecular complexity index is 704. The number of aryl methyl sites for hydroxylation is 3. The van der Waals surface area contributed by atoms with E-state index < -0.39 is 0 Å². The van der Waals surface area contributed by atoms with Crippen molar-refractivity contribution in [3.63, 3.8) is 0 Å². The van der Waals surface area contributed by atoms with Gasteiger partial charge in [-0.2, -0.15) is 5.10 Å². The largest absolute Gasteiger partial charge is 0.355 e. The fourth-order valence-electron chi connectivity index (χ4n) is 2.98. The Hall–Kier alpha value is -2.02. The molecule has 0 unspecified atom stereocenters. The molecule has 3 heterocycles. The van der Waals surface area contributed by atoms with Crippen LogP contribution in [0.25, 0.3) is 0 Å². The first-order chi connectivity index (χ1) is 11.5. The minimum Gasteiger partial charge on any atom is -0.355 e. The Morgan fingerprint density at radius 2 is 2.00 bits per heavy atom. The minimum atomic E-state index is 0.0778. The summed E-state index contributed by atoms with van der Waals surface area (Å²) in [6, 6.07) is 3.97. The molecule has 24 heavy (non-hydrogen) atoms. The Kier molecular flexibility index (Phi) is 5.08. The van der Waals surface area contributed by atoms with Crippen molar-refractivity contribution in [1.82, 2.24) is 20.5 Å². The zero-order valence-electron chi connectivity index (χ0n) is 14.4. The first-order valence-electron chi connectivity index (χ1n) is 8.29. The van der Waals surface area contributed by atoms with Crippen LogP contribution in [0.1, 0.15) is 34.1 Å². The molecule has 1 aliphatic rings. The summed E-state index contributed by atoms with van der Waals surface area (Å²) >= 11 is 1.65. The molecule has 7 heteroatoms. The van der Waals surface area contributed by atoms with Gasteiger partial charge in [0.25, 0.3) is 0 Å². The molecule has 0 aliphatic carbocycles. The zero-order valence-corrected chi connectivity index (χ0v) is 15.2. The number of aromatic nitrogens is 3. The molecule has 1 saturated heterocycles. The standard InChI is InChI=1S/C17H23N5OS/c1-11-4-5-16(21-20-11)22-8-6-14(7-9-22)17(23)18-10-15-12(2)19-13(3)24-15/h4-5,14H,6-10H2,1-3H3,(H,18,23). The van der Waals surface area contributed by atoms with E-state index in [1.54, 1.807) is 11.3 Å². The van der Waals surface area contributed by atoms with Gasteiger partial charge in [0.1, 0.15) is 0 Å². The van der Waals surface area contributed by atoms with E-state index in [2.05, 4.69) is 25.4 Å². The number of carbonyl (C=O) groups excluding carboxylic acids is 1. The molecular formula is C17H23N5OS. The van der Waals surface area contributed by atoms with Crippen molar-refractivity contribution in [3.05, 3.63) is 33.4 Å². The summed E-state index contributed by atoms with van der Waals surface area (Å²) < 4.78 is 0. The molecule has 1 aliphatic heterocycles. The van der Waals surface area contributed by atoms with Crippen LogP contribution < -0.4 is 10.2 Å². The van der Waals surface area contributed by atoms with Crippen molar-refractivity contribution < 1.29 is 4.79 Å². The van der Waals surface area contributed by atoms with Gasteiger partial charge in [-0.3, -0.25) is 4.79 Å². The van der Waals surface area contributed by atoms with Gasteiger partial charge in [0.2, 0.25) is 5.91 Å². The lowest BCUT2D eigenvalue weighted by molar-refractivity contribution is -0.125. The lowest BCUT2D eigenvalue weighted by Gasteiger charge is -2.31. The smallest absolute Gasteiger partial charge is 0.223 e. The van der Waals surface area contributed by atoms with Gasteiger partial charge < -0.3 is 10.2 Å². The number of rotatable bonds is 4. The Morgan fingerprint density at radius 1 is 1.25 bits per heavy atom. The highest BCUT2D eigenvalue weighted by Gasteiger charge is 2.25. The highest BCUT2D eigenvalue weighted by molar-refractivity contribution is 7.11. The van der Waals surface area contributed by atoms with Crippen LogP contribution in [-0.2, 0) is 11.3 Å². The second-order valence-corrected chi connectivity index (χ2v) is 7.54. The van der Waals surface area contributed by atoms with Crippen LogP contribution in [0.3, 0.4) is 0 Å². The topological polar surface area (TPSA) is 71.0 Å². The van der Waals surface area contributed by atoms with Crippen LogP contribution >= 0.6 is 11.3 Å². The van der Waals surface area contributed by atoms with Gasteiger partial charge in [-0.15, -0.1) is 16.4 Å². The molecule has 0 radical (unpaired) electrons. The maximum absolute atomic E-state index is 12.4. The van der Waals surface area contributed by atoms with Gasteiger partial charge in [-0.1, -0.05) is 0 Å². The highest BCUT2D eigenvalue weighted by Crippen LogP contribution is 2.22. The molecule has 1 N–H and O–H groups in total.